The number of nitrogens with two attached hydrogens (primary N) is 1. The summed E-state index contributed by atoms with van der Waals surface area (Å²) in [5.41, 5.74) is 3.05. The van der Waals surface area contributed by atoms with E-state index in [9.17, 15) is 36.3 Å². The number of amides is 1. The third-order valence-electron chi connectivity index (χ3n) is 4.79. The highest BCUT2D eigenvalue weighted by atomic mass is 19.2. The van der Waals surface area contributed by atoms with Crippen LogP contribution in [0.1, 0.15) is 42.2 Å². The minimum absolute atomic E-state index is 0.00247. The lowest BCUT2D eigenvalue weighted by Gasteiger charge is -2.22. The number of halogens is 5. The number of hydrogen-bond acceptors (Lipinski definition) is 4. The molecule has 0 aliphatic heterocycles. The molecule has 0 radical (unpaired) electrons. The minimum atomic E-state index is -2.42. The molecule has 1 aliphatic carbocycles. The van der Waals surface area contributed by atoms with E-state index in [1.807, 2.05) is 5.32 Å². The highest BCUT2D eigenvalue weighted by Crippen LogP contribution is 2.36. The van der Waals surface area contributed by atoms with E-state index >= 15 is 0 Å². The van der Waals surface area contributed by atoms with E-state index in [1.54, 1.807) is 0 Å². The van der Waals surface area contributed by atoms with E-state index in [1.165, 1.54) is 24.3 Å². The Morgan fingerprint density at radius 3 is 1.74 bits per heavy atom. The zero-order valence-corrected chi connectivity index (χ0v) is 15.2. The van der Waals surface area contributed by atoms with Crippen LogP contribution in [0, 0.1) is 29.1 Å². The molecular weight excluding hydrogens is 423 g/mol. The summed E-state index contributed by atoms with van der Waals surface area (Å²) in [5, 5.41) is 1.95. The number of nitrogens with one attached hydrogen (secondary N) is 1. The van der Waals surface area contributed by atoms with Gasteiger partial charge < -0.3 is 11.1 Å². The quantitative estimate of drug-likeness (QED) is 0.217. The van der Waals surface area contributed by atoms with Gasteiger partial charge in [0.1, 0.15) is 5.56 Å². The van der Waals surface area contributed by atoms with Crippen LogP contribution in [0.4, 0.5) is 33.3 Å². The molecular formula is C21H9F5N2O3. The van der Waals surface area contributed by atoms with Gasteiger partial charge in [-0.15, -0.1) is 0 Å². The number of rotatable bonds is 2. The van der Waals surface area contributed by atoms with Gasteiger partial charge in [0.05, 0.1) is 16.8 Å². The lowest BCUT2D eigenvalue weighted by molar-refractivity contribution is 0.0979. The van der Waals surface area contributed by atoms with E-state index < -0.39 is 52.1 Å². The number of carbonyl (C=O) groups is 3. The number of benzene rings is 3. The van der Waals surface area contributed by atoms with E-state index in [0.29, 0.717) is 0 Å². The van der Waals surface area contributed by atoms with Crippen LogP contribution in [0.5, 0.6) is 0 Å². The van der Waals surface area contributed by atoms with Crippen LogP contribution in [0.15, 0.2) is 36.4 Å². The predicted octanol–water partition coefficient (Wildman–Crippen LogP) is 3.99. The van der Waals surface area contributed by atoms with Crippen LogP contribution in [0.25, 0.3) is 0 Å². The molecule has 0 fully saturated rings. The molecule has 0 saturated heterocycles. The fourth-order valence-corrected chi connectivity index (χ4v) is 3.34. The van der Waals surface area contributed by atoms with Gasteiger partial charge in [-0.05, 0) is 12.1 Å². The molecule has 0 spiro atoms. The molecule has 5 nitrogen and oxygen atoms in total. The van der Waals surface area contributed by atoms with Crippen LogP contribution in [0.2, 0.25) is 0 Å². The molecule has 3 aromatic rings. The molecule has 10 heteroatoms. The first-order valence-corrected chi connectivity index (χ1v) is 8.58. The van der Waals surface area contributed by atoms with Crippen LogP contribution in [-0.2, 0) is 0 Å². The molecule has 0 atom stereocenters. The molecule has 4 rings (SSSR count). The van der Waals surface area contributed by atoms with Gasteiger partial charge in [0.2, 0.25) is 5.82 Å². The molecule has 0 unspecified atom stereocenters. The van der Waals surface area contributed by atoms with Crippen LogP contribution in [-0.4, -0.2) is 17.5 Å². The number of carbonyl (C=O) groups excluding carboxylic acids is 3. The van der Waals surface area contributed by atoms with Crippen molar-refractivity contribution in [2.75, 3.05) is 11.1 Å². The number of hydrogen-bond donors (Lipinski definition) is 2. The first-order chi connectivity index (χ1) is 14.6. The van der Waals surface area contributed by atoms with Gasteiger partial charge in [0, 0.05) is 16.8 Å². The predicted molar refractivity (Wildman–Crippen MR) is 98.3 cm³/mol. The van der Waals surface area contributed by atoms with Gasteiger partial charge in [0.25, 0.3) is 5.91 Å². The SMILES string of the molecule is Nc1ccc(NC(=O)c2c(F)c(F)c(F)c(F)c2F)c2c1C(=O)c1ccccc1C2=O. The van der Waals surface area contributed by atoms with Gasteiger partial charge in [-0.25, -0.2) is 22.0 Å². The summed E-state index contributed by atoms with van der Waals surface area (Å²) < 4.78 is 68.1. The Bertz CT molecular complexity index is 1310. The molecule has 3 aromatic carbocycles. The van der Waals surface area contributed by atoms with Crippen molar-refractivity contribution < 1.29 is 36.3 Å². The summed E-state index contributed by atoms with van der Waals surface area (Å²) in [6.07, 6.45) is 0. The van der Waals surface area contributed by atoms with E-state index in [0.717, 1.165) is 12.1 Å². The van der Waals surface area contributed by atoms with Gasteiger partial charge >= 0.3 is 0 Å². The summed E-state index contributed by atoms with van der Waals surface area (Å²) in [4.78, 5) is 38.2. The van der Waals surface area contributed by atoms with Gasteiger partial charge in [-0.2, -0.15) is 0 Å². The largest absolute Gasteiger partial charge is 0.398 e. The lowest BCUT2D eigenvalue weighted by Crippen LogP contribution is -2.26. The fourth-order valence-electron chi connectivity index (χ4n) is 3.34. The first-order valence-electron chi connectivity index (χ1n) is 8.58. The van der Waals surface area contributed by atoms with Crippen LogP contribution in [0.3, 0.4) is 0 Å². The van der Waals surface area contributed by atoms with Crippen molar-refractivity contribution in [1.29, 1.82) is 0 Å². The topological polar surface area (TPSA) is 89.3 Å². The molecule has 156 valence electrons. The third kappa shape index (κ3) is 2.87. The Morgan fingerprint density at radius 1 is 0.710 bits per heavy atom. The number of ketones is 2. The molecule has 1 aliphatic rings. The maximum Gasteiger partial charge on any atom is 0.261 e. The van der Waals surface area contributed by atoms with Crippen LogP contribution >= 0.6 is 0 Å². The summed E-state index contributed by atoms with van der Waals surface area (Å²) in [7, 11) is 0. The highest BCUT2D eigenvalue weighted by molar-refractivity contribution is 6.32. The van der Waals surface area contributed by atoms with E-state index in [2.05, 4.69) is 0 Å². The summed E-state index contributed by atoms with van der Waals surface area (Å²) in [5.74, 6) is -14.8. The Morgan fingerprint density at radius 2 is 1.19 bits per heavy atom. The van der Waals surface area contributed by atoms with Crippen molar-refractivity contribution in [2.45, 2.75) is 0 Å². The van der Waals surface area contributed by atoms with Crippen molar-refractivity contribution in [3.63, 3.8) is 0 Å². The average Bonchev–Trinajstić information content (AvgIpc) is 2.76. The normalized spacial score (nSPS) is 12.4. The zero-order chi connectivity index (χ0) is 22.6. The zero-order valence-electron chi connectivity index (χ0n) is 15.2. The van der Waals surface area contributed by atoms with Crippen molar-refractivity contribution in [1.82, 2.24) is 0 Å². The molecule has 0 saturated carbocycles. The Hall–Kier alpha value is -4.08. The number of fused-ring (bicyclic) bond motifs is 2. The third-order valence-corrected chi connectivity index (χ3v) is 4.79. The van der Waals surface area contributed by atoms with Crippen LogP contribution < -0.4 is 11.1 Å². The second kappa shape index (κ2) is 7.01. The second-order valence-corrected chi connectivity index (χ2v) is 6.56. The molecule has 0 heterocycles. The molecule has 0 aromatic heterocycles. The minimum Gasteiger partial charge on any atom is -0.398 e. The van der Waals surface area contributed by atoms with Gasteiger partial charge in [-0.3, -0.25) is 14.4 Å². The molecule has 31 heavy (non-hydrogen) atoms. The molecule has 1 amide bonds. The summed E-state index contributed by atoms with van der Waals surface area (Å²) in [6.45, 7) is 0. The smallest absolute Gasteiger partial charge is 0.261 e. The highest BCUT2D eigenvalue weighted by Gasteiger charge is 2.35. The van der Waals surface area contributed by atoms with Crippen molar-refractivity contribution in [3.8, 4) is 0 Å². The molecule has 3 N–H and O–H groups in total. The number of nitrogen functional groups attached to an aromatic ring is 1. The van der Waals surface area contributed by atoms with Crippen molar-refractivity contribution in [2.24, 2.45) is 0 Å². The van der Waals surface area contributed by atoms with E-state index in [-0.39, 0.29) is 33.6 Å². The monoisotopic (exact) mass is 432 g/mol. The Kier molecular flexibility index (Phi) is 4.57. The average molecular weight is 432 g/mol. The molecule has 0 bridgehead atoms. The first kappa shape index (κ1) is 20.2. The second-order valence-electron chi connectivity index (χ2n) is 6.56. The maximum atomic E-state index is 14.0. The summed E-state index contributed by atoms with van der Waals surface area (Å²) in [6, 6.07) is 8.02. The fraction of sp³-hybridized carbons (Fsp3) is 0. The van der Waals surface area contributed by atoms with Gasteiger partial charge in [-0.1, -0.05) is 24.3 Å². The standard InChI is InChI=1S/C21H9F5N2O3/c22-14-13(15(23)17(25)18(26)16(14)24)21(31)28-10-6-5-9(27)11-12(10)20(30)8-4-2-1-3-7(8)19(11)29/h1-6H,27H2,(H,28,31). The van der Waals surface area contributed by atoms with E-state index in [4.69, 9.17) is 5.73 Å². The lowest BCUT2D eigenvalue weighted by atomic mass is 9.82. The number of anilines is 2. The van der Waals surface area contributed by atoms with Gasteiger partial charge in [0.15, 0.2) is 34.8 Å². The van der Waals surface area contributed by atoms with Crippen molar-refractivity contribution in [3.05, 3.63) is 93.3 Å². The summed E-state index contributed by atoms with van der Waals surface area (Å²) >= 11 is 0. The maximum absolute atomic E-state index is 14.0. The Balaban J connectivity index is 1.85. The van der Waals surface area contributed by atoms with Crippen molar-refractivity contribution >= 4 is 28.8 Å². The Labute approximate surface area is 170 Å².